The van der Waals surface area contributed by atoms with Gasteiger partial charge in [-0.25, -0.2) is 0 Å². The summed E-state index contributed by atoms with van der Waals surface area (Å²) in [6, 6.07) is 12.0. The smallest absolute Gasteiger partial charge is 0.580 e. The van der Waals surface area contributed by atoms with Gasteiger partial charge in [0.25, 0.3) is 0 Å². The molecule has 0 N–H and O–H groups in total. The molecule has 0 unspecified atom stereocenters. The third-order valence-electron chi connectivity index (χ3n) is 4.81. The molecule has 0 fully saturated rings. The molecule has 0 saturated carbocycles. The van der Waals surface area contributed by atoms with E-state index >= 15 is 0 Å². The summed E-state index contributed by atoms with van der Waals surface area (Å²) < 4.78 is 21.9. The van der Waals surface area contributed by atoms with E-state index in [-0.39, 0.29) is 75.5 Å². The van der Waals surface area contributed by atoms with Crippen LogP contribution in [-0.2, 0) is 0 Å². The van der Waals surface area contributed by atoms with Crippen LogP contribution < -0.4 is 84.6 Å². The molecule has 0 atom stereocenters. The van der Waals surface area contributed by atoms with Crippen LogP contribution in [0.1, 0.15) is 29.8 Å². The number of rotatable bonds is 9. The van der Waals surface area contributed by atoms with Gasteiger partial charge in [-0.05, 0) is 49.1 Å². The van der Waals surface area contributed by atoms with Crippen molar-refractivity contribution in [1.82, 2.24) is 0 Å². The number of carbonyl (C=O) groups excluding carboxylic acids is 1. The van der Waals surface area contributed by atoms with Gasteiger partial charge >= 0.3 is 59.1 Å². The van der Waals surface area contributed by atoms with Crippen LogP contribution in [0, 0.1) is 6.26 Å². The second kappa shape index (κ2) is 13.1. The Hall–Kier alpha value is -2.07. The molecule has 0 radical (unpaired) electrons. The van der Waals surface area contributed by atoms with Gasteiger partial charge in [-0.2, -0.15) is 0 Å². The number of unbranched alkanes of at least 4 members (excludes halogenated alkanes) is 2. The third kappa shape index (κ3) is 6.53. The molecule has 0 spiro atoms. The molecule has 4 aromatic rings. The van der Waals surface area contributed by atoms with Gasteiger partial charge in [-0.3, -0.25) is 4.79 Å². The number of ether oxygens (including phenoxy) is 2. The van der Waals surface area contributed by atoms with E-state index in [1.54, 1.807) is 30.3 Å². The number of carboxylic acid groups (broad SMARTS) is 1. The van der Waals surface area contributed by atoms with E-state index < -0.39 is 17.2 Å². The number of carbonyl (C=O) groups is 1. The van der Waals surface area contributed by atoms with Crippen molar-refractivity contribution in [3.05, 3.63) is 81.0 Å². The standard InChI is InChI=1S/C24H19O8.2Na/c25-15-10-13-31-18-7-4-6-17(22(15)18)29-11-2-1-3-12-30-19-8-5-9-20-23(19)16(26)14-21(32-20)24(27)28;;/h4-10,14H,1-3,11-12H2,(H,27,28);;/q-1;2*+1/p-1. The van der Waals surface area contributed by atoms with E-state index in [0.29, 0.717) is 42.1 Å². The normalized spacial score (nSPS) is 10.4. The monoisotopic (exact) mass is 480 g/mol. The maximum atomic E-state index is 12.3. The van der Waals surface area contributed by atoms with E-state index in [1.807, 2.05) is 0 Å². The van der Waals surface area contributed by atoms with Crippen molar-refractivity contribution in [2.75, 3.05) is 13.2 Å². The molecule has 2 heterocycles. The zero-order chi connectivity index (χ0) is 22.5. The van der Waals surface area contributed by atoms with Gasteiger partial charge in [0, 0.05) is 11.6 Å². The number of benzene rings is 2. The van der Waals surface area contributed by atoms with E-state index in [0.717, 1.165) is 18.9 Å². The first-order valence-electron chi connectivity index (χ1n) is 10.0. The predicted octanol–water partition coefficient (Wildman–Crippen LogP) is -3.30. The summed E-state index contributed by atoms with van der Waals surface area (Å²) in [6.45, 7) is 0.773. The predicted molar refractivity (Wildman–Crippen MR) is 113 cm³/mol. The minimum Gasteiger partial charge on any atom is -0.580 e. The van der Waals surface area contributed by atoms with E-state index in [2.05, 4.69) is 6.26 Å². The Morgan fingerprint density at radius 3 is 2.06 bits per heavy atom. The molecule has 2 aromatic heterocycles. The summed E-state index contributed by atoms with van der Waals surface area (Å²) in [5, 5.41) is 11.5. The van der Waals surface area contributed by atoms with Crippen molar-refractivity contribution in [3.63, 3.8) is 0 Å². The largest absolute Gasteiger partial charge is 1.00 e. The zero-order valence-electron chi connectivity index (χ0n) is 18.9. The second-order valence-electron chi connectivity index (χ2n) is 7.01. The van der Waals surface area contributed by atoms with Gasteiger partial charge in [0.1, 0.15) is 28.4 Å². The summed E-state index contributed by atoms with van der Waals surface area (Å²) in [7, 11) is 0. The van der Waals surface area contributed by atoms with Gasteiger partial charge in [0.2, 0.25) is 0 Å². The number of fused-ring (bicyclic) bond motifs is 2. The molecule has 0 amide bonds. The van der Waals surface area contributed by atoms with Crippen molar-refractivity contribution in [2.24, 2.45) is 0 Å². The summed E-state index contributed by atoms with van der Waals surface area (Å²) in [5.74, 6) is -1.28. The van der Waals surface area contributed by atoms with Gasteiger partial charge in [0.15, 0.2) is 11.2 Å². The van der Waals surface area contributed by atoms with Crippen LogP contribution in [0.15, 0.2) is 67.0 Å². The average molecular weight is 480 g/mol. The van der Waals surface area contributed by atoms with Crippen molar-refractivity contribution in [1.29, 1.82) is 0 Å². The van der Waals surface area contributed by atoms with Crippen LogP contribution in [0.25, 0.3) is 21.9 Å². The summed E-state index contributed by atoms with van der Waals surface area (Å²) >= 11 is 0. The Labute approximate surface area is 238 Å². The Morgan fingerprint density at radius 1 is 0.853 bits per heavy atom. The number of hydrogen-bond acceptors (Lipinski definition) is 8. The fourth-order valence-corrected chi connectivity index (χ4v) is 3.32. The second-order valence-corrected chi connectivity index (χ2v) is 7.01. The minimum absolute atomic E-state index is 0. The first-order chi connectivity index (χ1) is 15.5. The Kier molecular flexibility index (Phi) is 10.9. The first-order valence-corrected chi connectivity index (χ1v) is 10.0. The number of carboxylic acids is 1. The van der Waals surface area contributed by atoms with Crippen molar-refractivity contribution >= 4 is 27.9 Å². The van der Waals surface area contributed by atoms with Crippen LogP contribution in [0.5, 0.6) is 11.5 Å². The van der Waals surface area contributed by atoms with Crippen LogP contribution in [0.2, 0.25) is 0 Å². The molecule has 4 rings (SSSR count). The van der Waals surface area contributed by atoms with Crippen LogP contribution in [0.3, 0.4) is 0 Å². The molecule has 34 heavy (non-hydrogen) atoms. The summed E-state index contributed by atoms with van der Waals surface area (Å²) in [6.07, 6.45) is 4.67. The average Bonchev–Trinajstić information content (AvgIpc) is 2.78. The minimum atomic E-state index is -1.56. The third-order valence-corrected chi connectivity index (χ3v) is 4.81. The number of hydrogen-bond donors (Lipinski definition) is 0. The fraction of sp³-hybridized carbons (Fsp3) is 0.208. The molecule has 0 aliphatic rings. The summed E-state index contributed by atoms with van der Waals surface area (Å²) in [5.41, 5.74) is -0.164. The Bertz CT molecular complexity index is 1390. The molecule has 0 aliphatic heterocycles. The van der Waals surface area contributed by atoms with Crippen LogP contribution in [-0.4, -0.2) is 19.2 Å². The van der Waals surface area contributed by atoms with Crippen molar-refractivity contribution < 1.29 is 87.3 Å². The molecule has 0 saturated heterocycles. The first kappa shape index (κ1) is 28.2. The molecule has 164 valence electrons. The Morgan fingerprint density at radius 2 is 1.44 bits per heavy atom. The maximum Gasteiger partial charge on any atom is 1.00 e. The quantitative estimate of drug-likeness (QED) is 0.139. The van der Waals surface area contributed by atoms with Gasteiger partial charge in [-0.15, -0.1) is 0 Å². The molecule has 2 aromatic carbocycles. The molecule has 10 heteroatoms. The van der Waals surface area contributed by atoms with E-state index in [1.165, 1.54) is 12.1 Å². The van der Waals surface area contributed by atoms with Gasteiger partial charge in [-0.1, -0.05) is 24.3 Å². The molecule has 0 aliphatic carbocycles. The van der Waals surface area contributed by atoms with Crippen LogP contribution in [0.4, 0.5) is 0 Å². The fourth-order valence-electron chi connectivity index (χ4n) is 3.32. The van der Waals surface area contributed by atoms with E-state index in [4.69, 9.17) is 18.3 Å². The van der Waals surface area contributed by atoms with Crippen molar-refractivity contribution in [2.45, 2.75) is 19.3 Å². The molecular formula is C24H18Na2O8. The van der Waals surface area contributed by atoms with Crippen molar-refractivity contribution in [3.8, 4) is 11.5 Å². The number of aromatic carboxylic acids is 1. The Balaban J connectivity index is 0.00000204. The van der Waals surface area contributed by atoms with Gasteiger partial charge in [0.05, 0.1) is 18.6 Å². The maximum absolute atomic E-state index is 12.3. The zero-order valence-corrected chi connectivity index (χ0v) is 22.9. The van der Waals surface area contributed by atoms with E-state index in [9.17, 15) is 19.5 Å². The van der Waals surface area contributed by atoms with Crippen LogP contribution >= 0.6 is 0 Å². The molecular weight excluding hydrogens is 462 g/mol. The topological polar surface area (TPSA) is 119 Å². The van der Waals surface area contributed by atoms with Gasteiger partial charge < -0.3 is 33.0 Å². The molecule has 0 bridgehead atoms. The summed E-state index contributed by atoms with van der Waals surface area (Å²) in [4.78, 5) is 35.2. The SMILES string of the molecule is O=C([O-])c1cc(=O)c2c(OCCCCCOc3cccc4o[c-]cc(=O)c34)cccc2o1.[Na+].[Na+]. The molecule has 8 nitrogen and oxygen atoms in total.